The summed E-state index contributed by atoms with van der Waals surface area (Å²) in [7, 11) is 0. The lowest BCUT2D eigenvalue weighted by atomic mass is 10.0. The Labute approximate surface area is 153 Å². The van der Waals surface area contributed by atoms with E-state index in [1.807, 2.05) is 36.5 Å². The Morgan fingerprint density at radius 1 is 1.00 bits per heavy atom. The molecule has 3 aromatic rings. The number of aromatic hydroxyl groups is 1. The molecule has 2 aromatic carbocycles. The van der Waals surface area contributed by atoms with Gasteiger partial charge in [-0.3, -0.25) is 0 Å². The Balaban J connectivity index is 0.000000298. The van der Waals surface area contributed by atoms with Gasteiger partial charge in [0.25, 0.3) is 0 Å². The van der Waals surface area contributed by atoms with Crippen molar-refractivity contribution in [2.24, 2.45) is 0 Å². The summed E-state index contributed by atoms with van der Waals surface area (Å²) >= 11 is 0. The fraction of sp³-hybridized carbons (Fsp3) is 0.286. The van der Waals surface area contributed by atoms with Crippen LogP contribution in [-0.2, 0) is 0 Å². The number of fused-ring (bicyclic) bond motifs is 1. The zero-order chi connectivity index (χ0) is 19.1. The number of rotatable bonds is 5. The van der Waals surface area contributed by atoms with Gasteiger partial charge in [-0.2, -0.15) is 0 Å². The van der Waals surface area contributed by atoms with Crippen molar-refractivity contribution >= 4 is 16.7 Å². The lowest BCUT2D eigenvalue weighted by molar-refractivity contribution is 0.0694. The van der Waals surface area contributed by atoms with E-state index in [9.17, 15) is 9.90 Å². The van der Waals surface area contributed by atoms with E-state index in [0.29, 0.717) is 0 Å². The zero-order valence-electron chi connectivity index (χ0n) is 15.5. The van der Waals surface area contributed by atoms with Crippen LogP contribution in [-0.4, -0.2) is 45.7 Å². The number of nitrogens with zero attached hydrogens (tertiary/aromatic N) is 1. The largest absolute Gasteiger partial charge is 0.507 e. The number of benzene rings is 2. The molecule has 0 spiro atoms. The van der Waals surface area contributed by atoms with Gasteiger partial charge in [0, 0.05) is 11.9 Å². The molecular weight excluding hydrogens is 328 g/mol. The van der Waals surface area contributed by atoms with Gasteiger partial charge >= 0.3 is 5.97 Å². The predicted octanol–water partition coefficient (Wildman–Crippen LogP) is 4.59. The molecule has 0 amide bonds. The fourth-order valence-corrected chi connectivity index (χ4v) is 2.81. The molecule has 1 heterocycles. The van der Waals surface area contributed by atoms with Crippen LogP contribution in [0.4, 0.5) is 0 Å². The monoisotopic (exact) mass is 354 g/mol. The summed E-state index contributed by atoms with van der Waals surface area (Å²) in [6.45, 7) is 10.1. The van der Waals surface area contributed by atoms with Gasteiger partial charge < -0.3 is 20.1 Å². The van der Waals surface area contributed by atoms with E-state index in [-0.39, 0.29) is 11.3 Å². The molecule has 0 saturated heterocycles. The lowest BCUT2D eigenvalue weighted by Crippen LogP contribution is -2.21. The first-order valence-corrected chi connectivity index (χ1v) is 8.86. The Hall–Kier alpha value is -2.79. The maximum Gasteiger partial charge on any atom is 0.339 e. The number of carbonyl (C=O) groups is 1. The zero-order valence-corrected chi connectivity index (χ0v) is 15.5. The first kappa shape index (κ1) is 19.5. The molecule has 3 N–H and O–H groups in total. The van der Waals surface area contributed by atoms with Gasteiger partial charge in [-0.1, -0.05) is 32.9 Å². The second kappa shape index (κ2) is 9.06. The molecule has 0 radical (unpaired) electrons. The Morgan fingerprint density at radius 2 is 1.69 bits per heavy atom. The normalized spacial score (nSPS) is 10.6. The predicted molar refractivity (Wildman–Crippen MR) is 106 cm³/mol. The van der Waals surface area contributed by atoms with E-state index in [4.69, 9.17) is 5.11 Å². The molecule has 0 aliphatic rings. The van der Waals surface area contributed by atoms with Crippen LogP contribution < -0.4 is 0 Å². The van der Waals surface area contributed by atoms with Crippen LogP contribution >= 0.6 is 0 Å². The Bertz CT molecular complexity index is 848. The van der Waals surface area contributed by atoms with Gasteiger partial charge in [-0.25, -0.2) is 4.79 Å². The van der Waals surface area contributed by atoms with Gasteiger partial charge in [-0.05, 0) is 66.3 Å². The summed E-state index contributed by atoms with van der Waals surface area (Å²) in [5.74, 6) is -1.35. The van der Waals surface area contributed by atoms with Crippen LogP contribution in [0.25, 0.3) is 22.0 Å². The topological polar surface area (TPSA) is 76.6 Å². The van der Waals surface area contributed by atoms with Crippen LogP contribution in [0.2, 0.25) is 0 Å². The number of phenols is 1. The summed E-state index contributed by atoms with van der Waals surface area (Å²) in [6.07, 6.45) is 1.83. The molecule has 3 rings (SSSR count). The molecule has 26 heavy (non-hydrogen) atoms. The molecule has 0 bridgehead atoms. The van der Waals surface area contributed by atoms with Gasteiger partial charge in [0.1, 0.15) is 11.3 Å². The van der Waals surface area contributed by atoms with Crippen LogP contribution in [0.3, 0.4) is 0 Å². The highest BCUT2D eigenvalue weighted by atomic mass is 16.4. The molecule has 138 valence electrons. The number of hydrogen-bond acceptors (Lipinski definition) is 3. The third-order valence-corrected chi connectivity index (χ3v) is 4.44. The second-order valence-corrected chi connectivity index (χ2v) is 5.94. The number of nitrogens with one attached hydrogen (secondary N) is 1. The minimum atomic E-state index is -1.13. The summed E-state index contributed by atoms with van der Waals surface area (Å²) in [5.41, 5.74) is 1.85. The number of carboxylic acids is 1. The van der Waals surface area contributed by atoms with Crippen molar-refractivity contribution in [2.75, 3.05) is 19.6 Å². The molecule has 0 aliphatic carbocycles. The molecule has 5 nitrogen and oxygen atoms in total. The Morgan fingerprint density at radius 3 is 2.19 bits per heavy atom. The van der Waals surface area contributed by atoms with Crippen LogP contribution in [0.15, 0.2) is 48.7 Å². The average molecular weight is 354 g/mol. The van der Waals surface area contributed by atoms with Crippen molar-refractivity contribution in [3.63, 3.8) is 0 Å². The summed E-state index contributed by atoms with van der Waals surface area (Å²) in [6, 6.07) is 12.5. The van der Waals surface area contributed by atoms with Gasteiger partial charge in [0.2, 0.25) is 0 Å². The number of aromatic carboxylic acids is 1. The molecule has 0 unspecified atom stereocenters. The van der Waals surface area contributed by atoms with Crippen molar-refractivity contribution in [3.05, 3.63) is 54.2 Å². The molecule has 5 heteroatoms. The lowest BCUT2D eigenvalue weighted by Gasteiger charge is -2.13. The van der Waals surface area contributed by atoms with Gasteiger partial charge in [0.15, 0.2) is 0 Å². The summed E-state index contributed by atoms with van der Waals surface area (Å²) in [5, 5.41) is 20.2. The van der Waals surface area contributed by atoms with Crippen molar-refractivity contribution in [2.45, 2.75) is 20.8 Å². The molecule has 0 atom stereocenters. The molecule has 0 saturated carbocycles. The molecular formula is C21H26N2O3. The minimum absolute atomic E-state index is 0.0869. The first-order chi connectivity index (χ1) is 12.5. The van der Waals surface area contributed by atoms with E-state index in [2.05, 4.69) is 30.7 Å². The smallest absolute Gasteiger partial charge is 0.339 e. The number of H-pyrrole nitrogens is 1. The minimum Gasteiger partial charge on any atom is -0.507 e. The fourth-order valence-electron chi connectivity index (χ4n) is 2.81. The number of aromatic amines is 1. The van der Waals surface area contributed by atoms with Crippen molar-refractivity contribution < 1.29 is 15.0 Å². The number of aromatic nitrogens is 1. The SMILES string of the molecule is CCN(CC)CC.O=C(O)c1cc2cc(-c3ccc[nH]3)ccc2cc1O. The maximum absolute atomic E-state index is 11.0. The third kappa shape index (κ3) is 4.64. The van der Waals surface area contributed by atoms with E-state index in [1.165, 1.54) is 31.8 Å². The maximum atomic E-state index is 11.0. The third-order valence-electron chi connectivity index (χ3n) is 4.44. The van der Waals surface area contributed by atoms with E-state index in [1.54, 1.807) is 0 Å². The quantitative estimate of drug-likeness (QED) is 0.626. The van der Waals surface area contributed by atoms with Crippen molar-refractivity contribution in [3.8, 4) is 17.0 Å². The van der Waals surface area contributed by atoms with Crippen molar-refractivity contribution in [1.82, 2.24) is 9.88 Å². The van der Waals surface area contributed by atoms with Crippen molar-refractivity contribution in [1.29, 1.82) is 0 Å². The molecule has 0 fully saturated rings. The molecule has 1 aromatic heterocycles. The van der Waals surface area contributed by atoms with Gasteiger partial charge in [0.05, 0.1) is 0 Å². The van der Waals surface area contributed by atoms with E-state index >= 15 is 0 Å². The molecule has 0 aliphatic heterocycles. The Kier molecular flexibility index (Phi) is 6.81. The van der Waals surface area contributed by atoms with Crippen LogP contribution in [0.1, 0.15) is 31.1 Å². The standard InChI is InChI=1S/C15H11NO3.C6H15N/c17-14-8-9-3-4-10(13-2-1-5-16-13)6-11(9)7-12(14)15(18)19;1-4-7(5-2)6-3/h1-8,16-17H,(H,18,19);4-6H2,1-3H3. The highest BCUT2D eigenvalue weighted by Gasteiger charge is 2.11. The van der Waals surface area contributed by atoms with E-state index in [0.717, 1.165) is 22.0 Å². The number of hydrogen-bond donors (Lipinski definition) is 3. The highest BCUT2D eigenvalue weighted by Crippen LogP contribution is 2.28. The average Bonchev–Trinajstić information content (AvgIpc) is 3.17. The highest BCUT2D eigenvalue weighted by molar-refractivity contribution is 5.98. The van der Waals surface area contributed by atoms with Gasteiger partial charge in [-0.15, -0.1) is 0 Å². The summed E-state index contributed by atoms with van der Waals surface area (Å²) in [4.78, 5) is 16.5. The second-order valence-electron chi connectivity index (χ2n) is 5.94. The first-order valence-electron chi connectivity index (χ1n) is 8.86. The van der Waals surface area contributed by atoms with Crippen LogP contribution in [0, 0.1) is 0 Å². The number of carboxylic acid groups (broad SMARTS) is 1. The van der Waals surface area contributed by atoms with Crippen LogP contribution in [0.5, 0.6) is 5.75 Å². The summed E-state index contributed by atoms with van der Waals surface area (Å²) < 4.78 is 0. The van der Waals surface area contributed by atoms with E-state index < -0.39 is 5.97 Å².